The predicted octanol–water partition coefficient (Wildman–Crippen LogP) is 2.22. The van der Waals surface area contributed by atoms with Crippen molar-refractivity contribution < 1.29 is 8.17 Å². The number of hydrogen-bond donors (Lipinski definition) is 1. The van der Waals surface area contributed by atoms with Crippen molar-refractivity contribution in [1.82, 2.24) is 0 Å². The lowest BCUT2D eigenvalue weighted by molar-refractivity contribution is 0.281. The molecule has 0 radical (unpaired) electrons. The SMILES string of the molecule is Cc1cc(CO)ccc1OI. The summed E-state index contributed by atoms with van der Waals surface area (Å²) in [5.74, 6) is 0.850. The van der Waals surface area contributed by atoms with Crippen molar-refractivity contribution in [3.8, 4) is 5.75 Å². The van der Waals surface area contributed by atoms with Gasteiger partial charge in [0, 0.05) is 0 Å². The summed E-state index contributed by atoms with van der Waals surface area (Å²) >= 11 is 1.84. The molecule has 0 aliphatic carbocycles. The first-order valence-corrected chi connectivity index (χ1v) is 4.15. The van der Waals surface area contributed by atoms with Gasteiger partial charge in [-0.05, 0) is 24.1 Å². The fraction of sp³-hybridized carbons (Fsp3) is 0.250. The van der Waals surface area contributed by atoms with Crippen molar-refractivity contribution in [3.63, 3.8) is 0 Å². The lowest BCUT2D eigenvalue weighted by Crippen LogP contribution is -1.86. The van der Waals surface area contributed by atoms with E-state index < -0.39 is 0 Å². The van der Waals surface area contributed by atoms with E-state index in [1.807, 2.05) is 48.1 Å². The fourth-order valence-electron chi connectivity index (χ4n) is 0.896. The maximum atomic E-state index is 8.78. The highest BCUT2D eigenvalue weighted by Crippen LogP contribution is 2.20. The molecule has 1 aromatic carbocycles. The van der Waals surface area contributed by atoms with E-state index in [9.17, 15) is 0 Å². The monoisotopic (exact) mass is 264 g/mol. The molecule has 0 saturated heterocycles. The first-order chi connectivity index (χ1) is 5.27. The normalized spacial score (nSPS) is 9.73. The molecule has 0 amide bonds. The Morgan fingerprint density at radius 1 is 1.55 bits per heavy atom. The van der Waals surface area contributed by atoms with Crippen molar-refractivity contribution in [2.24, 2.45) is 0 Å². The Kier molecular flexibility index (Phi) is 3.14. The van der Waals surface area contributed by atoms with Gasteiger partial charge >= 0.3 is 0 Å². The van der Waals surface area contributed by atoms with Crippen molar-refractivity contribution in [1.29, 1.82) is 0 Å². The third kappa shape index (κ3) is 2.07. The van der Waals surface area contributed by atoms with Crippen molar-refractivity contribution in [2.75, 3.05) is 0 Å². The first kappa shape index (κ1) is 8.80. The molecule has 0 unspecified atom stereocenters. The van der Waals surface area contributed by atoms with Gasteiger partial charge in [0.1, 0.15) is 5.75 Å². The number of halogens is 1. The van der Waals surface area contributed by atoms with Gasteiger partial charge in [-0.25, -0.2) is 0 Å². The van der Waals surface area contributed by atoms with Crippen LogP contribution in [0.3, 0.4) is 0 Å². The van der Waals surface area contributed by atoms with Crippen LogP contribution in [0.4, 0.5) is 0 Å². The number of rotatable bonds is 2. The zero-order valence-electron chi connectivity index (χ0n) is 6.17. The van der Waals surface area contributed by atoms with Gasteiger partial charge in [0.25, 0.3) is 0 Å². The average Bonchev–Trinajstić information content (AvgIpc) is 2.04. The zero-order valence-corrected chi connectivity index (χ0v) is 8.33. The average molecular weight is 264 g/mol. The summed E-state index contributed by atoms with van der Waals surface area (Å²) in [6.07, 6.45) is 0. The van der Waals surface area contributed by atoms with Gasteiger partial charge in [0.05, 0.1) is 6.61 Å². The molecular weight excluding hydrogens is 255 g/mol. The van der Waals surface area contributed by atoms with E-state index in [0.29, 0.717) is 0 Å². The van der Waals surface area contributed by atoms with Crippen LogP contribution in [0.1, 0.15) is 11.1 Å². The minimum absolute atomic E-state index is 0.0857. The number of aliphatic hydroxyl groups is 1. The standard InChI is InChI=1S/C8H9IO2/c1-6-4-7(5-10)2-3-8(6)11-9/h2-4,10H,5H2,1H3. The molecule has 0 saturated carbocycles. The van der Waals surface area contributed by atoms with Gasteiger partial charge in [-0.15, -0.1) is 0 Å². The van der Waals surface area contributed by atoms with Crippen LogP contribution in [0.5, 0.6) is 5.75 Å². The third-order valence-electron chi connectivity index (χ3n) is 1.51. The lowest BCUT2D eigenvalue weighted by Gasteiger charge is -2.02. The molecule has 0 aliphatic heterocycles. The third-order valence-corrected chi connectivity index (χ3v) is 1.98. The summed E-state index contributed by atoms with van der Waals surface area (Å²) in [6, 6.07) is 5.61. The second-order valence-electron chi connectivity index (χ2n) is 2.34. The molecule has 0 spiro atoms. The molecule has 0 heterocycles. The smallest absolute Gasteiger partial charge is 0.192 e. The predicted molar refractivity (Wildman–Crippen MR) is 51.7 cm³/mol. The van der Waals surface area contributed by atoms with Crippen LogP contribution in [-0.2, 0) is 6.61 Å². The van der Waals surface area contributed by atoms with Crippen LogP contribution in [0.15, 0.2) is 18.2 Å². The molecule has 1 aromatic rings. The highest BCUT2D eigenvalue weighted by Gasteiger charge is 1.98. The van der Waals surface area contributed by atoms with Crippen LogP contribution in [0, 0.1) is 6.92 Å². The maximum Gasteiger partial charge on any atom is 0.192 e. The maximum absolute atomic E-state index is 8.78. The van der Waals surface area contributed by atoms with Crippen LogP contribution >= 0.6 is 23.0 Å². The summed E-state index contributed by atoms with van der Waals surface area (Å²) < 4.78 is 5.03. The molecule has 11 heavy (non-hydrogen) atoms. The Bertz CT molecular complexity index is 248. The van der Waals surface area contributed by atoms with Crippen LogP contribution in [-0.4, -0.2) is 5.11 Å². The van der Waals surface area contributed by atoms with Crippen LogP contribution < -0.4 is 3.07 Å². The Morgan fingerprint density at radius 2 is 2.27 bits per heavy atom. The van der Waals surface area contributed by atoms with Crippen molar-refractivity contribution in [2.45, 2.75) is 13.5 Å². The summed E-state index contributed by atoms with van der Waals surface area (Å²) in [6.45, 7) is 2.04. The van der Waals surface area contributed by atoms with Gasteiger partial charge in [-0.2, -0.15) is 0 Å². The summed E-state index contributed by atoms with van der Waals surface area (Å²) in [5.41, 5.74) is 1.96. The van der Waals surface area contributed by atoms with Gasteiger partial charge in [-0.1, -0.05) is 12.1 Å². The molecule has 0 fully saturated rings. The lowest BCUT2D eigenvalue weighted by atomic mass is 10.1. The van der Waals surface area contributed by atoms with Gasteiger partial charge in [0.2, 0.25) is 0 Å². The van der Waals surface area contributed by atoms with Crippen LogP contribution in [0.25, 0.3) is 0 Å². The number of benzene rings is 1. The zero-order chi connectivity index (χ0) is 8.27. The molecule has 1 N–H and O–H groups in total. The Hall–Kier alpha value is -0.290. The Balaban J connectivity index is 2.99. The number of aliphatic hydroxyl groups excluding tert-OH is 1. The minimum Gasteiger partial charge on any atom is -0.427 e. The summed E-state index contributed by atoms with van der Waals surface area (Å²) in [5, 5.41) is 8.78. The fourth-order valence-corrected chi connectivity index (χ4v) is 1.39. The molecule has 0 atom stereocenters. The van der Waals surface area contributed by atoms with Gasteiger partial charge in [0.15, 0.2) is 23.0 Å². The van der Waals surface area contributed by atoms with E-state index in [-0.39, 0.29) is 6.61 Å². The van der Waals surface area contributed by atoms with E-state index in [1.54, 1.807) is 0 Å². The quantitative estimate of drug-likeness (QED) is 0.830. The first-order valence-electron chi connectivity index (χ1n) is 3.27. The van der Waals surface area contributed by atoms with Crippen molar-refractivity contribution in [3.05, 3.63) is 29.3 Å². The largest absolute Gasteiger partial charge is 0.427 e. The molecule has 0 aromatic heterocycles. The molecule has 1 rings (SSSR count). The Morgan fingerprint density at radius 3 is 2.73 bits per heavy atom. The minimum atomic E-state index is 0.0857. The topological polar surface area (TPSA) is 29.5 Å². The molecular formula is C8H9IO2. The summed E-state index contributed by atoms with van der Waals surface area (Å²) in [4.78, 5) is 0. The van der Waals surface area contributed by atoms with E-state index >= 15 is 0 Å². The second kappa shape index (κ2) is 3.92. The second-order valence-corrected chi connectivity index (χ2v) is 2.78. The highest BCUT2D eigenvalue weighted by atomic mass is 127. The Labute approximate surface area is 79.9 Å². The van der Waals surface area contributed by atoms with E-state index in [4.69, 9.17) is 8.17 Å². The van der Waals surface area contributed by atoms with Crippen molar-refractivity contribution >= 4 is 23.0 Å². The van der Waals surface area contributed by atoms with Gasteiger partial charge < -0.3 is 8.17 Å². The van der Waals surface area contributed by atoms with Crippen LogP contribution in [0.2, 0.25) is 0 Å². The molecule has 2 nitrogen and oxygen atoms in total. The van der Waals surface area contributed by atoms with E-state index in [1.165, 1.54) is 0 Å². The molecule has 0 aliphatic rings. The molecule has 0 bridgehead atoms. The van der Waals surface area contributed by atoms with E-state index in [2.05, 4.69) is 0 Å². The number of hydrogen-bond acceptors (Lipinski definition) is 2. The number of aryl methyl sites for hydroxylation is 1. The summed E-state index contributed by atoms with van der Waals surface area (Å²) in [7, 11) is 0. The van der Waals surface area contributed by atoms with E-state index in [0.717, 1.165) is 16.9 Å². The molecule has 60 valence electrons. The molecule has 3 heteroatoms. The highest BCUT2D eigenvalue weighted by molar-refractivity contribution is 14.1. The van der Waals surface area contributed by atoms with Gasteiger partial charge in [-0.3, -0.25) is 0 Å².